The lowest BCUT2D eigenvalue weighted by atomic mass is 10.0. The first kappa shape index (κ1) is 96.7. The highest BCUT2D eigenvalue weighted by Crippen LogP contribution is 2.38. The molecule has 0 radical (unpaired) electrons. The van der Waals surface area contributed by atoms with Gasteiger partial charge in [0, 0.05) is 12.8 Å². The fourth-order valence-electron chi connectivity index (χ4n) is 13.2. The monoisotopic (exact) mass is 1410 g/mol. The first-order chi connectivity index (χ1) is 48.5. The summed E-state index contributed by atoms with van der Waals surface area (Å²) in [6.45, 7) is 4.21. The van der Waals surface area contributed by atoms with Gasteiger partial charge < -0.3 is 27.9 Å². The maximum Gasteiger partial charge on any atom is 0.306 e. The number of nitrogens with zero attached hydrogens (tertiary/aromatic N) is 1. The molecule has 0 spiro atoms. The maximum atomic E-state index is 12.9. The molecule has 582 valence electrons. The minimum Gasteiger partial charge on any atom is -0.756 e. The predicted molar refractivity (Wildman–Crippen MR) is 430 cm³/mol. The van der Waals surface area contributed by atoms with Crippen molar-refractivity contribution in [2.75, 3.05) is 47.5 Å². The third kappa shape index (κ3) is 84.5. The molecule has 0 saturated heterocycles. The van der Waals surface area contributed by atoms with E-state index >= 15 is 0 Å². The molecule has 10 heteroatoms. The third-order valence-electron chi connectivity index (χ3n) is 19.8. The number of esters is 2. The lowest BCUT2D eigenvalue weighted by molar-refractivity contribution is -0.870. The predicted octanol–water partition coefficient (Wildman–Crippen LogP) is 28.6. The molecular formula is C89H168NO8P. The molecule has 0 aliphatic heterocycles. The van der Waals surface area contributed by atoms with Crippen molar-refractivity contribution in [3.8, 4) is 0 Å². The lowest BCUT2D eigenvalue weighted by Crippen LogP contribution is -2.37. The van der Waals surface area contributed by atoms with Crippen LogP contribution in [0.15, 0.2) is 60.8 Å². The summed E-state index contributed by atoms with van der Waals surface area (Å²) in [4.78, 5) is 38.2. The van der Waals surface area contributed by atoms with Gasteiger partial charge in [0.2, 0.25) is 0 Å². The van der Waals surface area contributed by atoms with E-state index in [2.05, 4.69) is 74.6 Å². The van der Waals surface area contributed by atoms with E-state index in [4.69, 9.17) is 18.5 Å². The fraction of sp³-hybridized carbons (Fsp3) is 0.865. The number of unbranched alkanes of at least 4 members (excludes halogenated alkanes) is 58. The average Bonchev–Trinajstić information content (AvgIpc) is 0.987. The highest BCUT2D eigenvalue weighted by molar-refractivity contribution is 7.45. The van der Waals surface area contributed by atoms with Crippen molar-refractivity contribution in [1.82, 2.24) is 0 Å². The number of carbonyl (C=O) groups is 2. The molecule has 0 heterocycles. The van der Waals surface area contributed by atoms with E-state index in [-0.39, 0.29) is 32.0 Å². The van der Waals surface area contributed by atoms with Crippen molar-refractivity contribution >= 4 is 19.8 Å². The number of quaternary nitrogens is 1. The van der Waals surface area contributed by atoms with Gasteiger partial charge in [0.05, 0.1) is 27.7 Å². The Bertz CT molecular complexity index is 1860. The molecule has 99 heavy (non-hydrogen) atoms. The molecule has 0 bridgehead atoms. The second kappa shape index (κ2) is 79.8. The molecule has 9 nitrogen and oxygen atoms in total. The van der Waals surface area contributed by atoms with Crippen molar-refractivity contribution < 1.29 is 42.1 Å². The Balaban J connectivity index is 3.85. The number of carbonyl (C=O) groups excluding carboxylic acids is 2. The molecule has 0 fully saturated rings. The number of hydrogen-bond donors (Lipinski definition) is 0. The Morgan fingerprint density at radius 1 is 0.323 bits per heavy atom. The Morgan fingerprint density at radius 2 is 0.576 bits per heavy atom. The summed E-state index contributed by atoms with van der Waals surface area (Å²) in [6.07, 6.45) is 108. The van der Waals surface area contributed by atoms with Gasteiger partial charge in [-0.1, -0.05) is 434 Å². The summed E-state index contributed by atoms with van der Waals surface area (Å²) in [5.74, 6) is -0.805. The molecule has 0 aliphatic rings. The van der Waals surface area contributed by atoms with Gasteiger partial charge in [0.15, 0.2) is 6.10 Å². The standard InChI is InChI=1S/C89H168NO8P/c1-6-8-10-12-14-16-18-20-22-24-26-28-30-32-34-36-38-40-42-43-44-45-46-47-48-50-52-54-56-58-60-62-64-66-68-70-72-74-76-78-80-82-89(92)98-87(86-97-99(93,94)96-84-83-90(3,4)5)85-95-88(91)81-79-77-75-73-71-69-67-65-63-61-59-57-55-53-51-49-41-39-37-35-33-31-29-27-25-23-21-19-17-15-13-11-9-7-2/h8,10,14,16,20,22,26,28,32,34,87H,6-7,9,11-13,15,17-19,21,23-25,27,29-31,33,35-86H2,1-5H3/b10-8-,16-14-,22-20-,28-26-,34-32-. The van der Waals surface area contributed by atoms with Crippen LogP contribution >= 0.6 is 7.82 Å². The molecule has 0 aromatic heterocycles. The average molecular weight is 1410 g/mol. The largest absolute Gasteiger partial charge is 0.756 e. The second-order valence-electron chi connectivity index (χ2n) is 30.9. The summed E-state index contributed by atoms with van der Waals surface area (Å²) in [6, 6.07) is 0. The maximum absolute atomic E-state index is 12.9. The van der Waals surface area contributed by atoms with E-state index in [1.54, 1.807) is 0 Å². The van der Waals surface area contributed by atoms with Crippen LogP contribution in [0.4, 0.5) is 0 Å². The van der Waals surface area contributed by atoms with Crippen LogP contribution in [0, 0.1) is 0 Å². The normalized spacial score (nSPS) is 13.2. The van der Waals surface area contributed by atoms with Gasteiger partial charge in [-0.25, -0.2) is 0 Å². The van der Waals surface area contributed by atoms with Crippen molar-refractivity contribution in [2.45, 2.75) is 450 Å². The van der Waals surface area contributed by atoms with Crippen molar-refractivity contribution in [1.29, 1.82) is 0 Å². The molecule has 2 unspecified atom stereocenters. The Hall–Kier alpha value is -2.29. The van der Waals surface area contributed by atoms with Gasteiger partial charge in [-0.2, -0.15) is 0 Å². The summed E-state index contributed by atoms with van der Waals surface area (Å²) in [7, 11) is 1.19. The van der Waals surface area contributed by atoms with Crippen LogP contribution in [0.25, 0.3) is 0 Å². The van der Waals surface area contributed by atoms with Crippen LogP contribution in [0.1, 0.15) is 444 Å². The van der Waals surface area contributed by atoms with Crippen molar-refractivity contribution in [2.24, 2.45) is 0 Å². The molecular weight excluding hydrogens is 1240 g/mol. The summed E-state index contributed by atoms with van der Waals surface area (Å²) in [5.41, 5.74) is 0. The van der Waals surface area contributed by atoms with E-state index < -0.39 is 26.5 Å². The van der Waals surface area contributed by atoms with Crippen molar-refractivity contribution in [3.63, 3.8) is 0 Å². The van der Waals surface area contributed by atoms with Crippen molar-refractivity contribution in [3.05, 3.63) is 60.8 Å². The lowest BCUT2D eigenvalue weighted by Gasteiger charge is -2.28. The molecule has 2 atom stereocenters. The quantitative estimate of drug-likeness (QED) is 0.0195. The number of likely N-dealkylation sites (N-methyl/N-ethyl adjacent to an activating group) is 1. The topological polar surface area (TPSA) is 111 Å². The number of ether oxygens (including phenoxy) is 2. The molecule has 0 aliphatic carbocycles. The molecule has 0 saturated carbocycles. The zero-order valence-electron chi connectivity index (χ0n) is 66.7. The number of phosphoric ester groups is 1. The molecule has 0 aromatic rings. The molecule has 0 amide bonds. The van der Waals surface area contributed by atoms with Gasteiger partial charge in [0.25, 0.3) is 7.82 Å². The first-order valence-corrected chi connectivity index (χ1v) is 45.0. The van der Waals surface area contributed by atoms with E-state index in [1.807, 2.05) is 21.1 Å². The van der Waals surface area contributed by atoms with E-state index in [9.17, 15) is 19.0 Å². The minimum atomic E-state index is -4.64. The Morgan fingerprint density at radius 3 is 0.859 bits per heavy atom. The zero-order valence-corrected chi connectivity index (χ0v) is 67.6. The van der Waals surface area contributed by atoms with E-state index in [1.165, 1.54) is 347 Å². The molecule has 0 rings (SSSR count). The SMILES string of the molecule is CC/C=C\C/C=C\C/C=C\C/C=C\C/C=C\CCCCCCCCCCCCCCCCCCCCCCCCCCCC(=O)OC(COC(=O)CCCCCCCCCCCCCCCCCCCCCCCCCCCCCCCCCCCC)COP(=O)([O-])OCC[N+](C)(C)C. The Kier molecular flexibility index (Phi) is 78.0. The second-order valence-corrected chi connectivity index (χ2v) is 32.3. The smallest absolute Gasteiger partial charge is 0.306 e. The van der Waals surface area contributed by atoms with Gasteiger partial charge in [-0.15, -0.1) is 0 Å². The van der Waals surface area contributed by atoms with Crippen LogP contribution in [-0.2, 0) is 32.7 Å². The van der Waals surface area contributed by atoms with Crippen LogP contribution in [0.3, 0.4) is 0 Å². The summed E-state index contributed by atoms with van der Waals surface area (Å²) >= 11 is 0. The minimum absolute atomic E-state index is 0.0274. The number of allylic oxidation sites excluding steroid dienone is 10. The van der Waals surface area contributed by atoms with Crippen LogP contribution in [0.2, 0.25) is 0 Å². The molecule has 0 N–H and O–H groups in total. The summed E-state index contributed by atoms with van der Waals surface area (Å²) < 4.78 is 34.5. The first-order valence-electron chi connectivity index (χ1n) is 43.5. The highest BCUT2D eigenvalue weighted by atomic mass is 31.2. The number of hydrogen-bond acceptors (Lipinski definition) is 8. The number of rotatable bonds is 82. The van der Waals surface area contributed by atoms with Crippen LogP contribution in [-0.4, -0.2) is 70.0 Å². The summed E-state index contributed by atoms with van der Waals surface area (Å²) in [5, 5.41) is 0. The van der Waals surface area contributed by atoms with Crippen LogP contribution in [0.5, 0.6) is 0 Å². The van der Waals surface area contributed by atoms with Gasteiger partial charge in [0.1, 0.15) is 19.8 Å². The molecule has 0 aromatic carbocycles. The fourth-order valence-corrected chi connectivity index (χ4v) is 14.0. The third-order valence-corrected chi connectivity index (χ3v) is 20.8. The zero-order chi connectivity index (χ0) is 71.8. The van der Waals surface area contributed by atoms with E-state index in [0.717, 1.165) is 64.2 Å². The Labute approximate surface area is 616 Å². The number of phosphoric acid groups is 1. The van der Waals surface area contributed by atoms with Gasteiger partial charge >= 0.3 is 11.9 Å². The van der Waals surface area contributed by atoms with Crippen LogP contribution < -0.4 is 4.89 Å². The van der Waals surface area contributed by atoms with Gasteiger partial charge in [-0.3, -0.25) is 14.2 Å². The highest BCUT2D eigenvalue weighted by Gasteiger charge is 2.22. The van der Waals surface area contributed by atoms with E-state index in [0.29, 0.717) is 17.4 Å². The van der Waals surface area contributed by atoms with Gasteiger partial charge in [-0.05, 0) is 57.8 Å².